The fraction of sp³-hybridized carbons (Fsp3) is 0.417. The summed E-state index contributed by atoms with van der Waals surface area (Å²) >= 11 is 6.10. The molecule has 0 aromatic heterocycles. The molecule has 1 atom stereocenters. The molecule has 0 saturated heterocycles. The Hall–Kier alpha value is -2.58. The number of benzene rings is 2. The Morgan fingerprint density at radius 2 is 1.82 bits per heavy atom. The molecular weight excluding hydrogens is 462 g/mol. The van der Waals surface area contributed by atoms with Gasteiger partial charge < -0.3 is 10.2 Å². The van der Waals surface area contributed by atoms with Crippen LogP contribution in [0.1, 0.15) is 37.0 Å². The Bertz CT molecular complexity index is 1100. The first-order valence-electron chi connectivity index (χ1n) is 10.8. The van der Waals surface area contributed by atoms with E-state index in [0.717, 1.165) is 28.1 Å². The van der Waals surface area contributed by atoms with Gasteiger partial charge in [0, 0.05) is 18.1 Å². The van der Waals surface area contributed by atoms with Crippen molar-refractivity contribution < 1.29 is 18.0 Å². The quantitative estimate of drug-likeness (QED) is 0.547. The van der Waals surface area contributed by atoms with Gasteiger partial charge >= 0.3 is 0 Å². The van der Waals surface area contributed by atoms with Crippen LogP contribution in [0.3, 0.4) is 0 Å². The zero-order chi connectivity index (χ0) is 24.8. The third-order valence-electron chi connectivity index (χ3n) is 5.27. The molecule has 0 saturated carbocycles. The van der Waals surface area contributed by atoms with E-state index in [9.17, 15) is 18.0 Å². The van der Waals surface area contributed by atoms with E-state index in [1.54, 1.807) is 26.0 Å². The summed E-state index contributed by atoms with van der Waals surface area (Å²) in [4.78, 5) is 27.6. The average Bonchev–Trinajstić information content (AvgIpc) is 2.74. The second kappa shape index (κ2) is 11.5. The normalized spacial score (nSPS) is 12.2. The second-order valence-corrected chi connectivity index (χ2v) is 10.5. The predicted molar refractivity (Wildman–Crippen MR) is 133 cm³/mol. The van der Waals surface area contributed by atoms with Crippen molar-refractivity contribution in [2.75, 3.05) is 23.7 Å². The molecule has 33 heavy (non-hydrogen) atoms. The number of anilines is 1. The number of carbonyl (C=O) groups excluding carboxylic acids is 2. The van der Waals surface area contributed by atoms with E-state index >= 15 is 0 Å². The number of rotatable bonds is 10. The molecule has 0 aliphatic carbocycles. The van der Waals surface area contributed by atoms with Crippen LogP contribution in [-0.4, -0.2) is 50.5 Å². The van der Waals surface area contributed by atoms with Gasteiger partial charge in [0.25, 0.3) is 0 Å². The second-order valence-electron chi connectivity index (χ2n) is 8.18. The average molecular weight is 494 g/mol. The van der Waals surface area contributed by atoms with E-state index in [1.165, 1.54) is 11.0 Å². The lowest BCUT2D eigenvalue weighted by Crippen LogP contribution is -2.51. The van der Waals surface area contributed by atoms with Crippen molar-refractivity contribution in [1.29, 1.82) is 0 Å². The smallest absolute Gasteiger partial charge is 0.244 e. The highest BCUT2D eigenvalue weighted by Crippen LogP contribution is 2.26. The molecule has 7 nitrogen and oxygen atoms in total. The van der Waals surface area contributed by atoms with Crippen LogP contribution in [-0.2, 0) is 26.2 Å². The van der Waals surface area contributed by atoms with Gasteiger partial charge in [-0.25, -0.2) is 8.42 Å². The minimum atomic E-state index is -3.80. The van der Waals surface area contributed by atoms with Crippen LogP contribution in [0.25, 0.3) is 0 Å². The van der Waals surface area contributed by atoms with Crippen molar-refractivity contribution in [3.63, 3.8) is 0 Å². The van der Waals surface area contributed by atoms with Gasteiger partial charge in [-0.05, 0) is 50.5 Å². The molecule has 0 aliphatic rings. The number of amides is 2. The summed E-state index contributed by atoms with van der Waals surface area (Å²) in [6, 6.07) is 11.7. The first-order valence-corrected chi connectivity index (χ1v) is 13.0. The highest BCUT2D eigenvalue weighted by atomic mass is 35.5. The van der Waals surface area contributed by atoms with E-state index in [4.69, 9.17) is 11.6 Å². The summed E-state index contributed by atoms with van der Waals surface area (Å²) in [6.45, 7) is 7.50. The molecule has 2 amide bonds. The zero-order valence-electron chi connectivity index (χ0n) is 19.8. The molecule has 180 valence electrons. The number of halogens is 1. The van der Waals surface area contributed by atoms with Gasteiger partial charge in [-0.3, -0.25) is 13.9 Å². The Morgan fingerprint density at radius 3 is 2.42 bits per heavy atom. The maximum absolute atomic E-state index is 13.5. The van der Waals surface area contributed by atoms with Gasteiger partial charge in [-0.15, -0.1) is 0 Å². The van der Waals surface area contributed by atoms with Crippen molar-refractivity contribution >= 4 is 39.1 Å². The van der Waals surface area contributed by atoms with Gasteiger partial charge in [0.05, 0.1) is 11.9 Å². The van der Waals surface area contributed by atoms with Crippen LogP contribution in [0.5, 0.6) is 0 Å². The van der Waals surface area contributed by atoms with Crippen LogP contribution in [0, 0.1) is 13.8 Å². The lowest BCUT2D eigenvalue weighted by atomic mass is 10.1. The number of carbonyl (C=O) groups is 2. The SMILES string of the molecule is CCCNC(=O)[C@@H](C)N(Cc1cccc(C)c1)C(=O)CN(c1cc(Cl)ccc1C)S(C)(=O)=O. The molecule has 0 bridgehead atoms. The van der Waals surface area contributed by atoms with E-state index in [-0.39, 0.29) is 12.5 Å². The van der Waals surface area contributed by atoms with Gasteiger partial charge in [-0.2, -0.15) is 0 Å². The Labute approximate surface area is 201 Å². The summed E-state index contributed by atoms with van der Waals surface area (Å²) in [7, 11) is -3.80. The molecule has 2 rings (SSSR count). The zero-order valence-corrected chi connectivity index (χ0v) is 21.3. The van der Waals surface area contributed by atoms with Gasteiger partial charge in [0.2, 0.25) is 21.8 Å². The highest BCUT2D eigenvalue weighted by molar-refractivity contribution is 7.92. The molecule has 0 spiro atoms. The summed E-state index contributed by atoms with van der Waals surface area (Å²) in [5, 5.41) is 3.18. The summed E-state index contributed by atoms with van der Waals surface area (Å²) < 4.78 is 26.3. The number of hydrogen-bond donors (Lipinski definition) is 1. The van der Waals surface area contributed by atoms with Crippen LogP contribution >= 0.6 is 11.6 Å². The summed E-state index contributed by atoms with van der Waals surface area (Å²) in [6.07, 6.45) is 1.81. The van der Waals surface area contributed by atoms with E-state index in [2.05, 4.69) is 5.32 Å². The van der Waals surface area contributed by atoms with Crippen molar-refractivity contribution in [1.82, 2.24) is 10.2 Å². The lowest BCUT2D eigenvalue weighted by Gasteiger charge is -2.32. The van der Waals surface area contributed by atoms with Crippen molar-refractivity contribution in [2.45, 2.75) is 46.7 Å². The fourth-order valence-electron chi connectivity index (χ4n) is 3.43. The number of nitrogens with one attached hydrogen (secondary N) is 1. The third-order valence-corrected chi connectivity index (χ3v) is 6.63. The summed E-state index contributed by atoms with van der Waals surface area (Å²) in [5.74, 6) is -0.775. The minimum absolute atomic E-state index is 0.174. The Kier molecular flexibility index (Phi) is 9.31. The van der Waals surface area contributed by atoms with Crippen molar-refractivity contribution in [3.05, 3.63) is 64.2 Å². The molecule has 0 aliphatic heterocycles. The van der Waals surface area contributed by atoms with Gasteiger partial charge in [0.15, 0.2) is 0 Å². The number of nitrogens with zero attached hydrogens (tertiary/aromatic N) is 2. The predicted octanol–water partition coefficient (Wildman–Crippen LogP) is 3.67. The number of hydrogen-bond acceptors (Lipinski definition) is 4. The first-order chi connectivity index (χ1) is 15.4. The molecular formula is C24H32ClN3O4S. The molecule has 0 heterocycles. The lowest BCUT2D eigenvalue weighted by molar-refractivity contribution is -0.139. The Balaban J connectivity index is 2.42. The van der Waals surface area contributed by atoms with Gasteiger partial charge in [-0.1, -0.05) is 54.4 Å². The van der Waals surface area contributed by atoms with Crippen LogP contribution in [0.2, 0.25) is 5.02 Å². The third kappa shape index (κ3) is 7.47. The molecule has 0 radical (unpaired) electrons. The maximum atomic E-state index is 13.5. The Morgan fingerprint density at radius 1 is 1.12 bits per heavy atom. The molecule has 0 fully saturated rings. The van der Waals surface area contributed by atoms with Gasteiger partial charge in [0.1, 0.15) is 12.6 Å². The molecule has 1 N–H and O–H groups in total. The molecule has 2 aromatic carbocycles. The number of aryl methyl sites for hydroxylation is 2. The van der Waals surface area contributed by atoms with E-state index in [0.29, 0.717) is 22.8 Å². The maximum Gasteiger partial charge on any atom is 0.244 e. The molecule has 0 unspecified atom stereocenters. The monoisotopic (exact) mass is 493 g/mol. The van der Waals surface area contributed by atoms with Crippen molar-refractivity contribution in [2.24, 2.45) is 0 Å². The fourth-order valence-corrected chi connectivity index (χ4v) is 4.50. The van der Waals surface area contributed by atoms with Crippen LogP contribution < -0.4 is 9.62 Å². The topological polar surface area (TPSA) is 86.8 Å². The molecule has 9 heteroatoms. The van der Waals surface area contributed by atoms with Crippen LogP contribution in [0.4, 0.5) is 5.69 Å². The number of sulfonamides is 1. The largest absolute Gasteiger partial charge is 0.354 e. The molecule has 2 aromatic rings. The van der Waals surface area contributed by atoms with Crippen LogP contribution in [0.15, 0.2) is 42.5 Å². The first kappa shape index (κ1) is 26.7. The standard InChI is InChI=1S/C24H32ClN3O4S/c1-6-12-26-24(30)19(4)27(15-20-9-7-8-17(2)13-20)23(29)16-28(33(5,31)32)22-14-21(25)11-10-18(22)3/h7-11,13-14,19H,6,12,15-16H2,1-5H3,(H,26,30)/t19-/m1/s1. The minimum Gasteiger partial charge on any atom is -0.354 e. The van der Waals surface area contributed by atoms with E-state index < -0.39 is 28.5 Å². The summed E-state index contributed by atoms with van der Waals surface area (Å²) in [5.41, 5.74) is 2.87. The van der Waals surface area contributed by atoms with Crippen molar-refractivity contribution in [3.8, 4) is 0 Å². The highest BCUT2D eigenvalue weighted by Gasteiger charge is 2.30. The van der Waals surface area contributed by atoms with E-state index in [1.807, 2.05) is 38.1 Å².